The van der Waals surface area contributed by atoms with E-state index in [0.29, 0.717) is 23.9 Å². The van der Waals surface area contributed by atoms with Crippen LogP contribution in [-0.4, -0.2) is 31.2 Å². The van der Waals surface area contributed by atoms with E-state index >= 15 is 0 Å². The van der Waals surface area contributed by atoms with Crippen LogP contribution in [-0.2, 0) is 22.8 Å². The van der Waals surface area contributed by atoms with Crippen molar-refractivity contribution in [2.24, 2.45) is 0 Å². The summed E-state index contributed by atoms with van der Waals surface area (Å²) >= 11 is 6.14. The first-order valence-corrected chi connectivity index (χ1v) is 9.89. The second-order valence-corrected chi connectivity index (χ2v) is 8.46. The number of hydrogen-bond donors (Lipinski definition) is 1. The van der Waals surface area contributed by atoms with Crippen LogP contribution in [0.15, 0.2) is 41.4 Å². The lowest BCUT2D eigenvalue weighted by atomic mass is 10.0. The minimum absolute atomic E-state index is 0.270. The van der Waals surface area contributed by atoms with Gasteiger partial charge in [0, 0.05) is 59.1 Å². The Hall–Kier alpha value is -2.05. The second kappa shape index (κ2) is 5.50. The van der Waals surface area contributed by atoms with Gasteiger partial charge in [-0.25, -0.2) is 13.4 Å². The van der Waals surface area contributed by atoms with Crippen molar-refractivity contribution in [2.75, 3.05) is 17.7 Å². The summed E-state index contributed by atoms with van der Waals surface area (Å²) in [4.78, 5) is 10.1. The number of H-pyrrole nitrogens is 1. The Bertz CT molecular complexity index is 1040. The zero-order chi connectivity index (χ0) is 16.9. The molecule has 0 unspecified atom stereocenters. The monoisotopic (exact) mass is 361 g/mol. The zero-order valence-electron chi connectivity index (χ0n) is 13.1. The number of aromatic nitrogens is 2. The summed E-state index contributed by atoms with van der Waals surface area (Å²) in [6, 6.07) is 9.05. The van der Waals surface area contributed by atoms with Crippen LogP contribution >= 0.6 is 11.6 Å². The van der Waals surface area contributed by atoms with Gasteiger partial charge in [-0.05, 0) is 30.3 Å². The number of fused-ring (bicyclic) bond motifs is 3. The number of aromatic amines is 1. The summed E-state index contributed by atoms with van der Waals surface area (Å²) in [6.07, 6.45) is 3.65. The van der Waals surface area contributed by atoms with Gasteiger partial charge in [-0.2, -0.15) is 0 Å². The number of nitrogens with one attached hydrogen (secondary N) is 1. The van der Waals surface area contributed by atoms with Crippen molar-refractivity contribution in [2.45, 2.75) is 17.9 Å². The van der Waals surface area contributed by atoms with Gasteiger partial charge in [-0.3, -0.25) is 0 Å². The van der Waals surface area contributed by atoms with Crippen LogP contribution < -0.4 is 4.90 Å². The first-order valence-electron chi connectivity index (χ1n) is 7.62. The van der Waals surface area contributed by atoms with E-state index in [1.165, 1.54) is 11.9 Å². The summed E-state index contributed by atoms with van der Waals surface area (Å²) in [5.74, 6) is 0.516. The molecular weight excluding hydrogens is 346 g/mol. The molecule has 1 aliphatic rings. The molecule has 5 nitrogen and oxygen atoms in total. The minimum Gasteiger partial charge on any atom is -0.358 e. The van der Waals surface area contributed by atoms with Gasteiger partial charge in [0.05, 0.1) is 0 Å². The van der Waals surface area contributed by atoms with Crippen molar-refractivity contribution in [3.05, 3.63) is 52.8 Å². The van der Waals surface area contributed by atoms with Crippen molar-refractivity contribution in [3.63, 3.8) is 0 Å². The molecule has 1 N–H and O–H groups in total. The molecule has 0 aliphatic carbocycles. The Balaban J connectivity index is 1.80. The molecule has 0 radical (unpaired) electrons. The molecule has 3 aromatic rings. The predicted octanol–water partition coefficient (Wildman–Crippen LogP) is 3.18. The first kappa shape index (κ1) is 15.5. The van der Waals surface area contributed by atoms with E-state index in [0.717, 1.165) is 22.9 Å². The fraction of sp³-hybridized carbons (Fsp3) is 0.235. The van der Waals surface area contributed by atoms with Crippen molar-refractivity contribution in [3.8, 4) is 0 Å². The molecule has 1 aromatic carbocycles. The lowest BCUT2D eigenvalue weighted by molar-refractivity contribution is 0.600. The highest BCUT2D eigenvalue weighted by Gasteiger charge is 2.25. The molecule has 1 aliphatic heterocycles. The van der Waals surface area contributed by atoms with Crippen LogP contribution in [0.4, 0.5) is 5.82 Å². The molecule has 0 atom stereocenters. The van der Waals surface area contributed by atoms with Gasteiger partial charge in [-0.15, -0.1) is 0 Å². The van der Waals surface area contributed by atoms with Crippen molar-refractivity contribution in [1.29, 1.82) is 0 Å². The van der Waals surface area contributed by atoms with Crippen LogP contribution in [0.5, 0.6) is 0 Å². The zero-order valence-corrected chi connectivity index (χ0v) is 14.7. The third-order valence-electron chi connectivity index (χ3n) is 4.39. The second-order valence-electron chi connectivity index (χ2n) is 6.04. The maximum absolute atomic E-state index is 12.1. The van der Waals surface area contributed by atoms with Gasteiger partial charge in [-0.1, -0.05) is 11.6 Å². The van der Waals surface area contributed by atoms with E-state index in [1.807, 2.05) is 23.1 Å². The van der Waals surface area contributed by atoms with Crippen LogP contribution in [0.1, 0.15) is 11.3 Å². The summed E-state index contributed by atoms with van der Waals surface area (Å²) < 4.78 is 24.1. The molecule has 0 bridgehead atoms. The van der Waals surface area contributed by atoms with Crippen molar-refractivity contribution in [1.82, 2.24) is 9.97 Å². The molecule has 2 aromatic heterocycles. The van der Waals surface area contributed by atoms with E-state index in [2.05, 4.69) is 9.97 Å². The van der Waals surface area contributed by atoms with E-state index in [9.17, 15) is 8.42 Å². The number of rotatable bonds is 2. The molecule has 7 heteroatoms. The topological polar surface area (TPSA) is 66.1 Å². The molecule has 0 spiro atoms. The van der Waals surface area contributed by atoms with Gasteiger partial charge >= 0.3 is 0 Å². The highest BCUT2D eigenvalue weighted by Crippen LogP contribution is 2.33. The quantitative estimate of drug-likeness (QED) is 0.761. The number of halogens is 1. The van der Waals surface area contributed by atoms with Gasteiger partial charge in [0.15, 0.2) is 9.84 Å². The third kappa shape index (κ3) is 2.56. The largest absolute Gasteiger partial charge is 0.358 e. The summed E-state index contributed by atoms with van der Waals surface area (Å²) in [7, 11) is -3.33. The molecular formula is C17H16ClN3O2S. The maximum Gasteiger partial charge on any atom is 0.179 e. The predicted molar refractivity (Wildman–Crippen MR) is 95.4 cm³/mol. The number of pyridine rings is 1. The summed E-state index contributed by atoms with van der Waals surface area (Å²) in [5.41, 5.74) is 3.39. The summed E-state index contributed by atoms with van der Waals surface area (Å²) in [6.45, 7) is 1.32. The SMILES string of the molecule is CS(=O)(=O)c1cccnc1N1CCc2[nH]c3ccc(Cl)cc3c2C1. The van der Waals surface area contributed by atoms with Crippen molar-refractivity contribution < 1.29 is 8.42 Å². The summed E-state index contributed by atoms with van der Waals surface area (Å²) in [5, 5.41) is 1.77. The highest BCUT2D eigenvalue weighted by molar-refractivity contribution is 7.90. The molecule has 3 heterocycles. The number of nitrogens with zero attached hydrogens (tertiary/aromatic N) is 2. The molecule has 24 heavy (non-hydrogen) atoms. The lowest BCUT2D eigenvalue weighted by Crippen LogP contribution is -2.32. The third-order valence-corrected chi connectivity index (χ3v) is 5.74. The van der Waals surface area contributed by atoms with E-state index in [4.69, 9.17) is 11.6 Å². The highest BCUT2D eigenvalue weighted by atomic mass is 35.5. The molecule has 0 saturated carbocycles. The Morgan fingerprint density at radius 3 is 2.92 bits per heavy atom. The number of anilines is 1. The fourth-order valence-electron chi connectivity index (χ4n) is 3.28. The Morgan fingerprint density at radius 2 is 2.12 bits per heavy atom. The van der Waals surface area contributed by atoms with Gasteiger partial charge in [0.25, 0.3) is 0 Å². The average Bonchev–Trinajstić information content (AvgIpc) is 2.91. The molecule has 0 saturated heterocycles. The van der Waals surface area contributed by atoms with Gasteiger partial charge < -0.3 is 9.88 Å². The smallest absolute Gasteiger partial charge is 0.179 e. The van der Waals surface area contributed by atoms with Crippen molar-refractivity contribution >= 4 is 38.2 Å². The first-order chi connectivity index (χ1) is 11.4. The van der Waals surface area contributed by atoms with Gasteiger partial charge in [0.2, 0.25) is 0 Å². The molecule has 4 rings (SSSR count). The minimum atomic E-state index is -3.33. The van der Waals surface area contributed by atoms with E-state index < -0.39 is 9.84 Å². The Labute approximate surface area is 145 Å². The van der Waals surface area contributed by atoms with E-state index in [-0.39, 0.29) is 4.90 Å². The fourth-order valence-corrected chi connectivity index (χ4v) is 4.29. The van der Waals surface area contributed by atoms with Crippen LogP contribution in [0.3, 0.4) is 0 Å². The van der Waals surface area contributed by atoms with Crippen LogP contribution in [0.25, 0.3) is 10.9 Å². The van der Waals surface area contributed by atoms with E-state index in [1.54, 1.807) is 18.3 Å². The van der Waals surface area contributed by atoms with Gasteiger partial charge in [0.1, 0.15) is 10.7 Å². The molecule has 0 amide bonds. The number of hydrogen-bond acceptors (Lipinski definition) is 4. The Kier molecular flexibility index (Phi) is 3.54. The number of sulfone groups is 1. The molecule has 0 fully saturated rings. The molecule has 124 valence electrons. The lowest BCUT2D eigenvalue weighted by Gasteiger charge is -2.29. The maximum atomic E-state index is 12.1. The average molecular weight is 362 g/mol. The standard InChI is InChI=1S/C17H16ClN3O2S/c1-24(22,23)16-3-2-7-19-17(16)21-8-6-15-13(10-21)12-9-11(18)4-5-14(12)20-15/h2-5,7,9,20H,6,8,10H2,1H3. The number of benzene rings is 1. The Morgan fingerprint density at radius 1 is 1.29 bits per heavy atom. The van der Waals surface area contributed by atoms with Crippen LogP contribution in [0.2, 0.25) is 5.02 Å². The van der Waals surface area contributed by atoms with Crippen LogP contribution in [0, 0.1) is 0 Å². The normalized spacial score (nSPS) is 14.8.